The summed E-state index contributed by atoms with van der Waals surface area (Å²) in [6.07, 6.45) is -1.53. The van der Waals surface area contributed by atoms with Gasteiger partial charge in [0, 0.05) is 19.3 Å². The minimum atomic E-state index is -2.83. The molecule has 0 bridgehead atoms. The Balaban J connectivity index is 1.67. The highest BCUT2D eigenvalue weighted by Crippen LogP contribution is 2.41. The van der Waals surface area contributed by atoms with E-state index in [9.17, 15) is 32.3 Å². The van der Waals surface area contributed by atoms with E-state index in [1.54, 1.807) is 0 Å². The van der Waals surface area contributed by atoms with Gasteiger partial charge in [0.25, 0.3) is 5.91 Å². The predicted octanol–water partition coefficient (Wildman–Crippen LogP) is 3.54. The van der Waals surface area contributed by atoms with Gasteiger partial charge in [-0.2, -0.15) is 5.10 Å². The third-order valence-corrected chi connectivity index (χ3v) is 6.18. The smallest absolute Gasteiger partial charge is 0.311 e. The van der Waals surface area contributed by atoms with E-state index in [0.717, 1.165) is 0 Å². The number of carbonyl (C=O) groups is 2. The molecule has 188 valence electrons. The number of halogens is 4. The van der Waals surface area contributed by atoms with Gasteiger partial charge in [0.1, 0.15) is 5.69 Å². The lowest BCUT2D eigenvalue weighted by Gasteiger charge is -2.33. The van der Waals surface area contributed by atoms with Crippen LogP contribution in [0.4, 0.5) is 17.6 Å². The Bertz CT molecular complexity index is 1220. The first kappa shape index (κ1) is 24.5. The first-order valence-electron chi connectivity index (χ1n) is 10.9. The maximum Gasteiger partial charge on any atom is 0.311 e. The maximum atomic E-state index is 13.8. The molecule has 35 heavy (non-hydrogen) atoms. The predicted molar refractivity (Wildman–Crippen MR) is 110 cm³/mol. The Kier molecular flexibility index (Phi) is 6.72. The number of aromatic nitrogens is 5. The summed E-state index contributed by atoms with van der Waals surface area (Å²) in [7, 11) is 0. The summed E-state index contributed by atoms with van der Waals surface area (Å²) < 4.78 is 59.2. The minimum Gasteiger partial charge on any atom is -0.481 e. The van der Waals surface area contributed by atoms with Gasteiger partial charge < -0.3 is 10.4 Å². The van der Waals surface area contributed by atoms with Gasteiger partial charge in [-0.25, -0.2) is 31.7 Å². The summed E-state index contributed by atoms with van der Waals surface area (Å²) in [5.41, 5.74) is 0.698. The Morgan fingerprint density at radius 1 is 1.29 bits per heavy atom. The van der Waals surface area contributed by atoms with Crippen LogP contribution in [0.3, 0.4) is 0 Å². The molecule has 3 aromatic heterocycles. The van der Waals surface area contributed by atoms with Crippen molar-refractivity contribution in [1.82, 2.24) is 30.2 Å². The van der Waals surface area contributed by atoms with Crippen LogP contribution in [0.5, 0.6) is 0 Å². The average molecular weight is 498 g/mol. The highest BCUT2D eigenvalue weighted by molar-refractivity contribution is 5.93. The highest BCUT2D eigenvalue weighted by Gasteiger charge is 2.39. The molecule has 0 saturated heterocycles. The second-order valence-electron chi connectivity index (χ2n) is 8.62. The normalized spacial score (nSPS) is 18.0. The molecule has 14 heteroatoms. The lowest BCUT2D eigenvalue weighted by Crippen LogP contribution is -2.37. The Hall–Kier alpha value is -3.58. The number of amides is 1. The fraction of sp³-hybridized carbons (Fsp3) is 0.524. The number of nitrogens with one attached hydrogen (secondary N) is 1. The highest BCUT2D eigenvalue weighted by atomic mass is 19.3. The number of carboxylic acid groups (broad SMARTS) is 1. The van der Waals surface area contributed by atoms with Crippen LogP contribution in [0.25, 0.3) is 5.65 Å². The van der Waals surface area contributed by atoms with Crippen molar-refractivity contribution in [2.45, 2.75) is 63.3 Å². The second kappa shape index (κ2) is 9.58. The van der Waals surface area contributed by atoms with Gasteiger partial charge in [0.05, 0.1) is 30.0 Å². The minimum absolute atomic E-state index is 0.0460. The molecule has 2 N–H and O–H groups in total. The van der Waals surface area contributed by atoms with Gasteiger partial charge >= 0.3 is 5.97 Å². The summed E-state index contributed by atoms with van der Waals surface area (Å²) >= 11 is 0. The van der Waals surface area contributed by atoms with Crippen molar-refractivity contribution < 1.29 is 36.9 Å². The van der Waals surface area contributed by atoms with Crippen molar-refractivity contribution in [3.63, 3.8) is 0 Å². The van der Waals surface area contributed by atoms with E-state index in [4.69, 9.17) is 0 Å². The van der Waals surface area contributed by atoms with Crippen LogP contribution < -0.4 is 5.32 Å². The number of carbonyl (C=O) groups excluding carboxylic acids is 1. The van der Waals surface area contributed by atoms with E-state index in [1.807, 2.05) is 0 Å². The molecule has 10 nitrogen and oxygen atoms in total. The Morgan fingerprint density at radius 3 is 2.60 bits per heavy atom. The number of nitrogens with zero attached hydrogens (tertiary/aromatic N) is 5. The van der Waals surface area contributed by atoms with E-state index in [2.05, 4.69) is 30.3 Å². The van der Waals surface area contributed by atoms with E-state index in [-0.39, 0.29) is 54.2 Å². The van der Waals surface area contributed by atoms with E-state index in [0.29, 0.717) is 5.69 Å². The summed E-state index contributed by atoms with van der Waals surface area (Å²) in [5, 5.41) is 23.3. The standard InChI is InChI=1S/C21H22F4N6O4/c1-10-17(30-35-29-10)19(32)28-18(11-2-4-21(24,25)5-3-11)14-9-31-16(27-14)6-12(8-26-31)13(20(33)34)7-15(22)23/h6,8-9,11,13,15,18H,2-5,7H2,1H3,(H,28,32)(H,33,34)/t13?,18-/m0/s1. The zero-order valence-electron chi connectivity index (χ0n) is 18.5. The summed E-state index contributed by atoms with van der Waals surface area (Å²) in [5.74, 6) is -6.70. The summed E-state index contributed by atoms with van der Waals surface area (Å²) in [6.45, 7) is 1.52. The number of aryl methyl sites for hydroxylation is 1. The van der Waals surface area contributed by atoms with Gasteiger partial charge in [-0.3, -0.25) is 9.59 Å². The number of alkyl halides is 4. The fourth-order valence-electron chi connectivity index (χ4n) is 4.28. The molecule has 1 saturated carbocycles. The van der Waals surface area contributed by atoms with Crippen LogP contribution in [-0.2, 0) is 4.79 Å². The summed E-state index contributed by atoms with van der Waals surface area (Å²) in [6, 6.07) is 0.535. The van der Waals surface area contributed by atoms with Gasteiger partial charge in [-0.1, -0.05) is 5.16 Å². The van der Waals surface area contributed by atoms with Crippen LogP contribution >= 0.6 is 0 Å². The van der Waals surface area contributed by atoms with E-state index in [1.165, 1.54) is 29.9 Å². The largest absolute Gasteiger partial charge is 0.481 e. The van der Waals surface area contributed by atoms with Gasteiger partial charge in [0.2, 0.25) is 12.3 Å². The molecule has 1 amide bonds. The second-order valence-corrected chi connectivity index (χ2v) is 8.62. The number of hydrogen-bond acceptors (Lipinski definition) is 7. The zero-order chi connectivity index (χ0) is 25.3. The number of rotatable bonds is 8. The van der Waals surface area contributed by atoms with E-state index < -0.39 is 42.6 Å². The van der Waals surface area contributed by atoms with Gasteiger partial charge in [0.15, 0.2) is 11.3 Å². The molecule has 2 atom stereocenters. The van der Waals surface area contributed by atoms with Crippen molar-refractivity contribution in [2.24, 2.45) is 5.92 Å². The number of imidazole rings is 1. The van der Waals surface area contributed by atoms with Gasteiger partial charge in [-0.05, 0) is 42.5 Å². The third kappa shape index (κ3) is 5.41. The van der Waals surface area contributed by atoms with Crippen LogP contribution in [0.1, 0.15) is 71.5 Å². The monoisotopic (exact) mass is 498 g/mol. The first-order chi connectivity index (χ1) is 16.5. The summed E-state index contributed by atoms with van der Waals surface area (Å²) in [4.78, 5) is 28.7. The fourth-order valence-corrected chi connectivity index (χ4v) is 4.28. The molecule has 0 aliphatic heterocycles. The Labute approximate surface area is 195 Å². The van der Waals surface area contributed by atoms with Crippen LogP contribution in [0, 0.1) is 12.8 Å². The van der Waals surface area contributed by atoms with Crippen LogP contribution in [0.15, 0.2) is 23.1 Å². The van der Waals surface area contributed by atoms with Crippen molar-refractivity contribution in [2.75, 3.05) is 0 Å². The SMILES string of the molecule is Cc1nonc1C(=O)N[C@H](c1cn2ncc(C(CC(F)F)C(=O)O)cc2n1)C1CCC(F)(F)CC1. The van der Waals surface area contributed by atoms with Crippen molar-refractivity contribution >= 4 is 17.5 Å². The molecular weight excluding hydrogens is 476 g/mol. The molecule has 0 spiro atoms. The average Bonchev–Trinajstić information content (AvgIpc) is 3.41. The lowest BCUT2D eigenvalue weighted by atomic mass is 9.81. The zero-order valence-corrected chi connectivity index (χ0v) is 18.5. The lowest BCUT2D eigenvalue weighted by molar-refractivity contribution is -0.139. The topological polar surface area (TPSA) is 136 Å². The maximum absolute atomic E-state index is 13.8. The number of fused-ring (bicyclic) bond motifs is 1. The van der Waals surface area contributed by atoms with Crippen molar-refractivity contribution in [3.8, 4) is 0 Å². The van der Waals surface area contributed by atoms with Crippen molar-refractivity contribution in [1.29, 1.82) is 0 Å². The van der Waals surface area contributed by atoms with Gasteiger partial charge in [-0.15, -0.1) is 0 Å². The first-order valence-corrected chi connectivity index (χ1v) is 10.9. The molecule has 4 rings (SSSR count). The Morgan fingerprint density at radius 2 is 2.00 bits per heavy atom. The molecule has 1 aliphatic rings. The third-order valence-electron chi connectivity index (χ3n) is 6.18. The number of aliphatic carboxylic acids is 1. The number of hydrogen-bond donors (Lipinski definition) is 2. The van der Waals surface area contributed by atoms with E-state index >= 15 is 0 Å². The van der Waals surface area contributed by atoms with Crippen LogP contribution in [0.2, 0.25) is 0 Å². The molecule has 3 heterocycles. The molecule has 0 aromatic carbocycles. The molecule has 0 radical (unpaired) electrons. The molecule has 1 fully saturated rings. The quantitative estimate of drug-likeness (QED) is 0.450. The molecule has 1 aliphatic carbocycles. The van der Waals surface area contributed by atoms with Crippen molar-refractivity contribution in [3.05, 3.63) is 41.1 Å². The van der Waals surface area contributed by atoms with Crippen LogP contribution in [-0.4, -0.2) is 54.2 Å². The molecule has 3 aromatic rings. The number of carboxylic acids is 1. The molecular formula is C21H22F4N6O4. The molecule has 1 unspecified atom stereocenters.